The molecule has 0 spiro atoms. The van der Waals surface area contributed by atoms with Crippen LogP contribution in [0.3, 0.4) is 0 Å². The van der Waals surface area contributed by atoms with Crippen LogP contribution in [0.4, 0.5) is 23.7 Å². The van der Waals surface area contributed by atoms with Crippen LogP contribution in [0.15, 0.2) is 103 Å². The zero-order valence-corrected chi connectivity index (χ0v) is 23.1. The number of carbonyl (C=O) groups excluding carboxylic acids is 1. The molecule has 1 amide bonds. The maximum absolute atomic E-state index is 13.9. The Labute approximate surface area is 243 Å². The molecule has 0 saturated carbocycles. The molecule has 5 rings (SSSR count). The number of hydrogen-bond acceptors (Lipinski definition) is 4. The highest BCUT2D eigenvalue weighted by atomic mass is 19.4. The Morgan fingerprint density at radius 3 is 2.12 bits per heavy atom. The molecule has 218 valence electrons. The Morgan fingerprint density at radius 1 is 0.786 bits per heavy atom. The number of ether oxygens (including phenoxy) is 2. The van der Waals surface area contributed by atoms with E-state index in [-0.39, 0.29) is 18.6 Å². The highest BCUT2D eigenvalue weighted by Crippen LogP contribution is 2.36. The molecule has 42 heavy (non-hydrogen) atoms. The lowest BCUT2D eigenvalue weighted by Crippen LogP contribution is -2.43. The Hall–Kier alpha value is -4.14. The molecular formula is C34H33F3N2O3. The van der Waals surface area contributed by atoms with Crippen LogP contribution in [0.5, 0.6) is 0 Å². The molecule has 4 aromatic rings. The lowest BCUT2D eigenvalue weighted by Gasteiger charge is -2.38. The molecule has 0 radical (unpaired) electrons. The third kappa shape index (κ3) is 7.57. The van der Waals surface area contributed by atoms with Crippen LogP contribution in [-0.4, -0.2) is 25.8 Å². The van der Waals surface area contributed by atoms with Crippen molar-refractivity contribution in [2.75, 3.05) is 25.0 Å². The predicted octanol–water partition coefficient (Wildman–Crippen LogP) is 7.96. The number of amides is 1. The number of piperidine rings is 1. The molecule has 1 fully saturated rings. The first-order valence-electron chi connectivity index (χ1n) is 13.9. The molecule has 0 atom stereocenters. The molecule has 0 unspecified atom stereocenters. The summed E-state index contributed by atoms with van der Waals surface area (Å²) in [5.74, 6) is 0. The monoisotopic (exact) mass is 574 g/mol. The summed E-state index contributed by atoms with van der Waals surface area (Å²) in [6.45, 7) is 2.34. The summed E-state index contributed by atoms with van der Waals surface area (Å²) in [7, 11) is 0. The summed E-state index contributed by atoms with van der Waals surface area (Å²) < 4.78 is 52.9. The highest BCUT2D eigenvalue weighted by molar-refractivity contribution is 5.85. The average Bonchev–Trinajstić information content (AvgIpc) is 3.01. The van der Waals surface area contributed by atoms with E-state index in [1.165, 1.54) is 5.56 Å². The van der Waals surface area contributed by atoms with Crippen molar-refractivity contribution in [2.45, 2.75) is 37.6 Å². The third-order valence-corrected chi connectivity index (χ3v) is 7.59. The summed E-state index contributed by atoms with van der Waals surface area (Å²) >= 11 is 0. The van der Waals surface area contributed by atoms with E-state index < -0.39 is 17.8 Å². The van der Waals surface area contributed by atoms with Crippen LogP contribution < -0.4 is 10.6 Å². The van der Waals surface area contributed by atoms with Crippen molar-refractivity contribution in [3.63, 3.8) is 0 Å². The van der Waals surface area contributed by atoms with Crippen molar-refractivity contribution in [3.8, 4) is 11.1 Å². The SMILES string of the molecule is O=C(Nc1ccc(-c2cc(COCC3(c4ccccc4)CCNCC3)cc(C(F)(F)F)c2)cc1)OCc1ccccc1. The Morgan fingerprint density at radius 2 is 1.45 bits per heavy atom. The van der Waals surface area contributed by atoms with Crippen LogP contribution in [0.2, 0.25) is 0 Å². The fourth-order valence-corrected chi connectivity index (χ4v) is 5.31. The largest absolute Gasteiger partial charge is 0.444 e. The van der Waals surface area contributed by atoms with Gasteiger partial charge in [-0.15, -0.1) is 0 Å². The Kier molecular flexibility index (Phi) is 9.25. The number of hydrogen-bond donors (Lipinski definition) is 2. The van der Waals surface area contributed by atoms with Gasteiger partial charge in [0.15, 0.2) is 0 Å². The van der Waals surface area contributed by atoms with Gasteiger partial charge in [-0.1, -0.05) is 72.8 Å². The van der Waals surface area contributed by atoms with Crippen LogP contribution in [0.1, 0.15) is 35.1 Å². The normalized spacial score (nSPS) is 14.7. The van der Waals surface area contributed by atoms with Crippen molar-refractivity contribution >= 4 is 11.8 Å². The van der Waals surface area contributed by atoms with Gasteiger partial charge >= 0.3 is 12.3 Å². The van der Waals surface area contributed by atoms with E-state index in [2.05, 4.69) is 22.8 Å². The van der Waals surface area contributed by atoms with E-state index in [0.29, 0.717) is 29.0 Å². The molecule has 5 nitrogen and oxygen atoms in total. The number of benzene rings is 4. The lowest BCUT2D eigenvalue weighted by atomic mass is 9.74. The molecule has 0 bridgehead atoms. The molecule has 8 heteroatoms. The first-order valence-corrected chi connectivity index (χ1v) is 13.9. The van der Waals surface area contributed by atoms with Crippen LogP contribution in [0, 0.1) is 0 Å². The van der Waals surface area contributed by atoms with E-state index >= 15 is 0 Å². The fourth-order valence-electron chi connectivity index (χ4n) is 5.31. The molecule has 2 N–H and O–H groups in total. The number of alkyl halides is 3. The molecule has 4 aromatic carbocycles. The lowest BCUT2D eigenvalue weighted by molar-refractivity contribution is -0.137. The first-order chi connectivity index (χ1) is 20.3. The van der Waals surface area contributed by atoms with E-state index in [1.54, 1.807) is 30.3 Å². The highest BCUT2D eigenvalue weighted by Gasteiger charge is 2.34. The minimum atomic E-state index is -4.50. The number of anilines is 1. The number of halogens is 3. The molecule has 0 aromatic heterocycles. The standard InChI is InChI=1S/C34H33F3N2O3/c35-34(36,37)30-20-26(22-41-24-33(15-17-38-18-16-33)29-9-5-2-6-10-29)19-28(21-30)27-11-13-31(14-12-27)39-32(40)42-23-25-7-3-1-4-8-25/h1-14,19-21,38H,15-18,22-24H2,(H,39,40). The summed E-state index contributed by atoms with van der Waals surface area (Å²) in [6.07, 6.45) is -3.34. The minimum absolute atomic E-state index is 0.0613. The molecule has 1 heterocycles. The molecule has 0 aliphatic carbocycles. The van der Waals surface area contributed by atoms with Crippen molar-refractivity contribution in [1.82, 2.24) is 5.32 Å². The topological polar surface area (TPSA) is 59.6 Å². The van der Waals surface area contributed by atoms with Gasteiger partial charge in [-0.2, -0.15) is 13.2 Å². The van der Waals surface area contributed by atoms with Crippen molar-refractivity contribution < 1.29 is 27.4 Å². The first kappa shape index (κ1) is 29.4. The van der Waals surface area contributed by atoms with Crippen molar-refractivity contribution in [1.29, 1.82) is 0 Å². The van der Waals surface area contributed by atoms with Crippen LogP contribution in [0.25, 0.3) is 11.1 Å². The van der Waals surface area contributed by atoms with E-state index in [9.17, 15) is 18.0 Å². The van der Waals surface area contributed by atoms with Crippen LogP contribution >= 0.6 is 0 Å². The maximum atomic E-state index is 13.9. The summed E-state index contributed by atoms with van der Waals surface area (Å²) in [5.41, 5.74) is 3.06. The van der Waals surface area contributed by atoms with Gasteiger partial charge in [-0.3, -0.25) is 5.32 Å². The quantitative estimate of drug-likeness (QED) is 0.213. The second kappa shape index (κ2) is 13.2. The maximum Gasteiger partial charge on any atom is 0.416 e. The van der Waals surface area contributed by atoms with Gasteiger partial charge in [0.25, 0.3) is 0 Å². The zero-order chi connectivity index (χ0) is 29.4. The molecule has 1 aliphatic rings. The van der Waals surface area contributed by atoms with E-state index in [0.717, 1.165) is 43.6 Å². The Bertz CT molecular complexity index is 1450. The summed E-state index contributed by atoms with van der Waals surface area (Å²) in [5, 5.41) is 6.03. The average molecular weight is 575 g/mol. The van der Waals surface area contributed by atoms with E-state index in [4.69, 9.17) is 9.47 Å². The second-order valence-electron chi connectivity index (χ2n) is 10.6. The van der Waals surface area contributed by atoms with Gasteiger partial charge in [0.1, 0.15) is 6.61 Å². The van der Waals surface area contributed by atoms with Crippen molar-refractivity contribution in [2.24, 2.45) is 0 Å². The number of carbonyl (C=O) groups is 1. The zero-order valence-electron chi connectivity index (χ0n) is 23.1. The van der Waals surface area contributed by atoms with Crippen LogP contribution in [-0.2, 0) is 34.3 Å². The summed E-state index contributed by atoms with van der Waals surface area (Å²) in [4.78, 5) is 12.2. The molecular weight excluding hydrogens is 541 g/mol. The Balaban J connectivity index is 1.27. The van der Waals surface area contributed by atoms with Crippen molar-refractivity contribution in [3.05, 3.63) is 125 Å². The summed E-state index contributed by atoms with van der Waals surface area (Å²) in [6, 6.07) is 30.1. The third-order valence-electron chi connectivity index (χ3n) is 7.59. The second-order valence-corrected chi connectivity index (χ2v) is 10.6. The predicted molar refractivity (Wildman–Crippen MR) is 157 cm³/mol. The van der Waals surface area contributed by atoms with Gasteiger partial charge in [0.2, 0.25) is 0 Å². The van der Waals surface area contributed by atoms with E-state index in [1.807, 2.05) is 48.5 Å². The van der Waals surface area contributed by atoms with Gasteiger partial charge in [-0.05, 0) is 84.1 Å². The van der Waals surface area contributed by atoms with Gasteiger partial charge in [0, 0.05) is 11.1 Å². The van der Waals surface area contributed by atoms with Gasteiger partial charge in [-0.25, -0.2) is 4.79 Å². The van der Waals surface area contributed by atoms with Gasteiger partial charge in [0.05, 0.1) is 18.8 Å². The number of nitrogens with one attached hydrogen (secondary N) is 2. The van der Waals surface area contributed by atoms with Gasteiger partial charge < -0.3 is 14.8 Å². The fraction of sp³-hybridized carbons (Fsp3) is 0.265. The molecule has 1 saturated heterocycles. The number of rotatable bonds is 9. The minimum Gasteiger partial charge on any atom is -0.444 e. The molecule has 1 aliphatic heterocycles. The smallest absolute Gasteiger partial charge is 0.416 e.